The molecule has 1 spiro atoms. The molecule has 4 aliphatic rings. The lowest BCUT2D eigenvalue weighted by Crippen LogP contribution is -2.60. The highest BCUT2D eigenvalue weighted by molar-refractivity contribution is 7.99. The standard InChI is InChI=1S/C37H48ClN3O6S/c1-23-8-6-17-37(45,33(42)35(44)40(3)4)30-13-10-27(30)20-41-21-36(16-7-9-25-18-28(38)12-14-29(25)36)22-47-32-15-11-26(19-31(32)41)34(43)39-48(5,46)24(23)2/h6,11-12,14-15,17-19,23-24,27,30,33,42,45H,5,7-10,13,16,20-22H2,1-4H3,(H,39,43,46)/b17-6+/t23-,24+,27-,30+,33+,36-,37-,48?/m0/s1. The van der Waals surface area contributed by atoms with E-state index in [2.05, 4.69) is 21.6 Å². The number of halogens is 1. The quantitative estimate of drug-likeness (QED) is 0.315. The average molecular weight is 698 g/mol. The van der Waals surface area contributed by atoms with Gasteiger partial charge in [0.15, 0.2) is 6.10 Å². The number of carbonyl (C=O) groups excluding carboxylic acids is 2. The summed E-state index contributed by atoms with van der Waals surface area (Å²) >= 11 is 6.43. The number of ether oxygens (including phenoxy) is 1. The molecule has 2 aliphatic carbocycles. The number of anilines is 1. The molecule has 1 unspecified atom stereocenters. The highest BCUT2D eigenvalue weighted by Gasteiger charge is 2.53. The van der Waals surface area contributed by atoms with Crippen molar-refractivity contribution in [1.29, 1.82) is 0 Å². The average Bonchev–Trinajstić information content (AvgIpc) is 3.17. The first-order valence-corrected chi connectivity index (χ1v) is 19.1. The van der Waals surface area contributed by atoms with E-state index in [1.807, 2.05) is 19.1 Å². The van der Waals surface area contributed by atoms with Gasteiger partial charge in [-0.3, -0.25) is 14.3 Å². The maximum Gasteiger partial charge on any atom is 0.262 e. The van der Waals surface area contributed by atoms with Gasteiger partial charge in [-0.05, 0) is 111 Å². The molecule has 48 heavy (non-hydrogen) atoms. The molecule has 3 N–H and O–H groups in total. The van der Waals surface area contributed by atoms with Crippen molar-refractivity contribution in [2.24, 2.45) is 17.8 Å². The second-order valence-corrected chi connectivity index (χ2v) is 17.6. The predicted octanol–water partition coefficient (Wildman–Crippen LogP) is 4.37. The Hall–Kier alpha value is -3.05. The van der Waals surface area contributed by atoms with Gasteiger partial charge in [-0.2, -0.15) is 0 Å². The van der Waals surface area contributed by atoms with Crippen LogP contribution in [0.15, 0.2) is 48.6 Å². The molecule has 0 saturated heterocycles. The summed E-state index contributed by atoms with van der Waals surface area (Å²) in [4.78, 5) is 30.3. The number of aliphatic hydroxyl groups is 2. The largest absolute Gasteiger partial charge is 0.490 e. The van der Waals surface area contributed by atoms with Crippen LogP contribution in [0.4, 0.5) is 5.69 Å². The third-order valence-electron chi connectivity index (χ3n) is 11.4. The van der Waals surface area contributed by atoms with Crippen LogP contribution in [0, 0.1) is 17.8 Å². The van der Waals surface area contributed by atoms with Crippen LogP contribution in [0.2, 0.25) is 5.02 Å². The van der Waals surface area contributed by atoms with E-state index in [0.717, 1.165) is 31.4 Å². The number of benzene rings is 2. The monoisotopic (exact) mass is 697 g/mol. The van der Waals surface area contributed by atoms with Crippen LogP contribution in [-0.2, 0) is 26.3 Å². The topological polar surface area (TPSA) is 119 Å². The molecule has 2 amide bonds. The van der Waals surface area contributed by atoms with Gasteiger partial charge in [0.25, 0.3) is 11.8 Å². The van der Waals surface area contributed by atoms with Crippen molar-refractivity contribution in [2.75, 3.05) is 38.7 Å². The summed E-state index contributed by atoms with van der Waals surface area (Å²) < 4.78 is 23.1. The van der Waals surface area contributed by atoms with E-state index in [1.54, 1.807) is 51.4 Å². The molecule has 2 bridgehead atoms. The third kappa shape index (κ3) is 6.25. The van der Waals surface area contributed by atoms with Gasteiger partial charge < -0.3 is 24.7 Å². The second-order valence-electron chi connectivity index (χ2n) is 14.7. The van der Waals surface area contributed by atoms with E-state index in [9.17, 15) is 24.0 Å². The van der Waals surface area contributed by atoms with Crippen molar-refractivity contribution >= 4 is 44.7 Å². The molecule has 2 aromatic carbocycles. The van der Waals surface area contributed by atoms with Gasteiger partial charge in [-0.1, -0.05) is 36.7 Å². The van der Waals surface area contributed by atoms with Gasteiger partial charge in [-0.25, -0.2) is 4.21 Å². The maximum atomic E-state index is 13.8. The summed E-state index contributed by atoms with van der Waals surface area (Å²) in [6, 6.07) is 11.4. The predicted molar refractivity (Wildman–Crippen MR) is 191 cm³/mol. The number of fused-ring (bicyclic) bond motifs is 4. The minimum Gasteiger partial charge on any atom is -0.490 e. The Labute approximate surface area is 289 Å². The molecule has 260 valence electrons. The fourth-order valence-corrected chi connectivity index (χ4v) is 9.82. The number of amides is 2. The van der Waals surface area contributed by atoms with Crippen LogP contribution in [-0.4, -0.2) is 87.8 Å². The van der Waals surface area contributed by atoms with Gasteiger partial charge in [0.2, 0.25) is 0 Å². The zero-order chi connectivity index (χ0) is 34.6. The zero-order valence-electron chi connectivity index (χ0n) is 28.3. The first kappa shape index (κ1) is 34.8. The SMILES string of the molecule is C=S1(=O)NC(=O)c2ccc3c(c2)N(C[C@@H]2CC[C@H]2[C@](O)([C@H](O)C(=O)N(C)C)/C=C/C[C@H](C)[C@H]1C)C[C@@]1(CCCc2cc(Cl)ccc21)CO3. The van der Waals surface area contributed by atoms with Crippen LogP contribution < -0.4 is 14.4 Å². The Morgan fingerprint density at radius 1 is 1.21 bits per heavy atom. The molecule has 2 aliphatic heterocycles. The first-order valence-electron chi connectivity index (χ1n) is 16.9. The Morgan fingerprint density at radius 2 is 1.98 bits per heavy atom. The summed E-state index contributed by atoms with van der Waals surface area (Å²) in [5.74, 6) is 2.87. The number of likely N-dealkylation sites (N-methyl/N-ethyl adjacent to an activating group) is 1. The third-order valence-corrected chi connectivity index (χ3v) is 13.9. The van der Waals surface area contributed by atoms with E-state index < -0.39 is 44.4 Å². The Balaban J connectivity index is 1.47. The fourth-order valence-electron chi connectivity index (χ4n) is 8.14. The number of aliphatic hydroxyl groups excluding tert-OH is 1. The number of nitrogens with one attached hydrogen (secondary N) is 1. The van der Waals surface area contributed by atoms with E-state index >= 15 is 0 Å². The summed E-state index contributed by atoms with van der Waals surface area (Å²) in [7, 11) is 0.0536. The molecule has 11 heteroatoms. The van der Waals surface area contributed by atoms with Gasteiger partial charge in [-0.15, -0.1) is 0 Å². The highest BCUT2D eigenvalue weighted by Crippen LogP contribution is 2.49. The minimum atomic E-state index is -3.08. The van der Waals surface area contributed by atoms with Gasteiger partial charge in [0.05, 0.1) is 22.0 Å². The zero-order valence-corrected chi connectivity index (χ0v) is 29.9. The summed E-state index contributed by atoms with van der Waals surface area (Å²) in [5.41, 5.74) is 1.32. The summed E-state index contributed by atoms with van der Waals surface area (Å²) in [6.45, 7) is 5.24. The van der Waals surface area contributed by atoms with Crippen molar-refractivity contribution < 1.29 is 28.7 Å². The Morgan fingerprint density at radius 3 is 2.69 bits per heavy atom. The number of nitrogens with zero attached hydrogens (tertiary/aromatic N) is 2. The molecule has 6 rings (SSSR count). The molecular formula is C37H48ClN3O6S. The van der Waals surface area contributed by atoms with E-state index in [4.69, 9.17) is 16.3 Å². The first-order chi connectivity index (χ1) is 22.6. The second kappa shape index (κ2) is 13.0. The Bertz CT molecular complexity index is 1730. The fraction of sp³-hybridized carbons (Fsp3) is 0.541. The maximum absolute atomic E-state index is 13.8. The minimum absolute atomic E-state index is 0.0687. The van der Waals surface area contributed by atoms with Crippen LogP contribution in [0.5, 0.6) is 5.75 Å². The van der Waals surface area contributed by atoms with Crippen LogP contribution in [0.25, 0.3) is 0 Å². The molecule has 0 aromatic heterocycles. The molecule has 1 saturated carbocycles. The number of carbonyl (C=O) groups is 2. The molecule has 0 radical (unpaired) electrons. The normalized spacial score (nSPS) is 34.7. The number of aryl methyl sites for hydroxylation is 1. The van der Waals surface area contributed by atoms with E-state index in [0.29, 0.717) is 48.9 Å². The highest BCUT2D eigenvalue weighted by atomic mass is 35.5. The van der Waals surface area contributed by atoms with Crippen molar-refractivity contribution in [3.05, 3.63) is 70.3 Å². The van der Waals surface area contributed by atoms with Gasteiger partial charge in [0.1, 0.15) is 11.4 Å². The molecule has 1 fully saturated rings. The summed E-state index contributed by atoms with van der Waals surface area (Å²) in [5, 5.41) is 23.9. The number of rotatable bonds is 2. The van der Waals surface area contributed by atoms with E-state index in [-0.39, 0.29) is 17.3 Å². The number of hydrogen-bond acceptors (Lipinski definition) is 7. The van der Waals surface area contributed by atoms with Crippen LogP contribution in [0.1, 0.15) is 67.4 Å². The lowest BCUT2D eigenvalue weighted by Gasteiger charge is -2.50. The van der Waals surface area contributed by atoms with Crippen molar-refractivity contribution in [3.63, 3.8) is 0 Å². The van der Waals surface area contributed by atoms with E-state index in [1.165, 1.54) is 16.0 Å². The summed E-state index contributed by atoms with van der Waals surface area (Å²) in [6.07, 6.45) is 6.32. The molecule has 9 nitrogen and oxygen atoms in total. The molecular weight excluding hydrogens is 650 g/mol. The van der Waals surface area contributed by atoms with Gasteiger partial charge in [0, 0.05) is 48.4 Å². The lowest BCUT2D eigenvalue weighted by molar-refractivity contribution is -0.163. The number of allylic oxidation sites excluding steroid dienone is 1. The molecule has 8 atom stereocenters. The molecule has 2 aromatic rings. The smallest absolute Gasteiger partial charge is 0.262 e. The number of hydrogen-bond donors (Lipinski definition) is 3. The molecule has 2 heterocycles. The Kier molecular flexibility index (Phi) is 9.43. The lowest BCUT2D eigenvalue weighted by atomic mass is 9.62. The van der Waals surface area contributed by atoms with Crippen LogP contribution in [0.3, 0.4) is 0 Å². The van der Waals surface area contributed by atoms with Crippen molar-refractivity contribution in [2.45, 2.75) is 74.7 Å². The van der Waals surface area contributed by atoms with Gasteiger partial charge >= 0.3 is 0 Å². The van der Waals surface area contributed by atoms with Crippen molar-refractivity contribution in [1.82, 2.24) is 9.62 Å². The van der Waals surface area contributed by atoms with Crippen molar-refractivity contribution in [3.8, 4) is 5.75 Å². The van der Waals surface area contributed by atoms with Crippen LogP contribution >= 0.6 is 11.6 Å².